The van der Waals surface area contributed by atoms with Crippen LogP contribution in [-0.4, -0.2) is 29.1 Å². The number of hydrogen-bond donors (Lipinski definition) is 2. The van der Waals surface area contributed by atoms with Crippen molar-refractivity contribution in [2.24, 2.45) is 17.6 Å². The van der Waals surface area contributed by atoms with Crippen LogP contribution in [0.3, 0.4) is 0 Å². The third-order valence-corrected chi connectivity index (χ3v) is 5.79. The SMILES string of the molecule is CN(C(=O)C1CCC(C(N)=O)CC1)c1cccc(-c2n[nH]c3ccccc23)c1. The molecule has 0 spiro atoms. The van der Waals surface area contributed by atoms with Gasteiger partial charge in [0.1, 0.15) is 0 Å². The summed E-state index contributed by atoms with van der Waals surface area (Å²) in [7, 11) is 1.81. The van der Waals surface area contributed by atoms with Crippen LogP contribution in [0.25, 0.3) is 22.2 Å². The highest BCUT2D eigenvalue weighted by atomic mass is 16.2. The summed E-state index contributed by atoms with van der Waals surface area (Å²) in [5.74, 6) is -0.314. The second-order valence-electron chi connectivity index (χ2n) is 7.52. The number of hydrogen-bond acceptors (Lipinski definition) is 3. The molecule has 1 heterocycles. The van der Waals surface area contributed by atoms with Gasteiger partial charge in [0.15, 0.2) is 0 Å². The van der Waals surface area contributed by atoms with E-state index in [0.717, 1.165) is 27.8 Å². The number of nitrogens with two attached hydrogens (primary N) is 1. The number of aromatic amines is 1. The zero-order chi connectivity index (χ0) is 19.7. The van der Waals surface area contributed by atoms with E-state index in [4.69, 9.17) is 5.73 Å². The number of fused-ring (bicyclic) bond motifs is 1. The van der Waals surface area contributed by atoms with Gasteiger partial charge in [0.05, 0.1) is 11.2 Å². The standard InChI is InChI=1S/C22H24N4O2/c1-26(22(28)15-11-9-14(10-12-15)21(23)27)17-6-4-5-16(13-17)20-18-7-2-3-8-19(18)24-25-20/h2-8,13-15H,9-12H2,1H3,(H2,23,27)(H,24,25). The maximum absolute atomic E-state index is 13.0. The Kier molecular flexibility index (Phi) is 4.86. The molecule has 6 nitrogen and oxygen atoms in total. The predicted molar refractivity (Wildman–Crippen MR) is 110 cm³/mol. The average Bonchev–Trinajstić information content (AvgIpc) is 3.17. The first-order valence-corrected chi connectivity index (χ1v) is 9.65. The molecule has 1 saturated carbocycles. The fraction of sp³-hybridized carbons (Fsp3) is 0.318. The maximum atomic E-state index is 13.0. The van der Waals surface area contributed by atoms with Gasteiger partial charge in [-0.25, -0.2) is 0 Å². The van der Waals surface area contributed by atoms with Crippen molar-refractivity contribution in [2.75, 3.05) is 11.9 Å². The van der Waals surface area contributed by atoms with Crippen molar-refractivity contribution >= 4 is 28.4 Å². The van der Waals surface area contributed by atoms with Crippen molar-refractivity contribution in [1.82, 2.24) is 10.2 Å². The molecular formula is C22H24N4O2. The fourth-order valence-corrected chi connectivity index (χ4v) is 4.07. The Labute approximate surface area is 163 Å². The Morgan fingerprint density at radius 3 is 2.50 bits per heavy atom. The highest BCUT2D eigenvalue weighted by molar-refractivity contribution is 5.97. The number of primary amides is 1. The molecule has 1 aromatic heterocycles. The second kappa shape index (κ2) is 7.46. The van der Waals surface area contributed by atoms with E-state index in [-0.39, 0.29) is 23.7 Å². The van der Waals surface area contributed by atoms with Crippen LogP contribution in [0.1, 0.15) is 25.7 Å². The van der Waals surface area contributed by atoms with Gasteiger partial charge in [-0.1, -0.05) is 30.3 Å². The number of carbonyl (C=O) groups is 2. The van der Waals surface area contributed by atoms with Crippen LogP contribution in [0.5, 0.6) is 0 Å². The van der Waals surface area contributed by atoms with E-state index in [0.29, 0.717) is 25.7 Å². The number of aromatic nitrogens is 2. The molecule has 0 atom stereocenters. The average molecular weight is 376 g/mol. The van der Waals surface area contributed by atoms with Gasteiger partial charge >= 0.3 is 0 Å². The summed E-state index contributed by atoms with van der Waals surface area (Å²) in [5, 5.41) is 8.56. The number of rotatable bonds is 4. The Morgan fingerprint density at radius 2 is 1.75 bits per heavy atom. The topological polar surface area (TPSA) is 92.1 Å². The summed E-state index contributed by atoms with van der Waals surface area (Å²) in [4.78, 5) is 26.0. The smallest absolute Gasteiger partial charge is 0.229 e. The molecule has 144 valence electrons. The highest BCUT2D eigenvalue weighted by Gasteiger charge is 2.30. The summed E-state index contributed by atoms with van der Waals surface area (Å²) >= 11 is 0. The number of para-hydroxylation sites is 1. The third kappa shape index (κ3) is 3.38. The van der Waals surface area contributed by atoms with Gasteiger partial charge < -0.3 is 10.6 Å². The molecule has 1 aliphatic carbocycles. The molecule has 4 rings (SSSR count). The summed E-state index contributed by atoms with van der Waals surface area (Å²) in [6.07, 6.45) is 2.80. The minimum Gasteiger partial charge on any atom is -0.369 e. The summed E-state index contributed by atoms with van der Waals surface area (Å²) < 4.78 is 0. The lowest BCUT2D eigenvalue weighted by atomic mass is 9.81. The first kappa shape index (κ1) is 18.2. The third-order valence-electron chi connectivity index (χ3n) is 5.79. The van der Waals surface area contributed by atoms with E-state index < -0.39 is 0 Å². The van der Waals surface area contributed by atoms with Crippen LogP contribution in [0, 0.1) is 11.8 Å². The summed E-state index contributed by atoms with van der Waals surface area (Å²) in [6.45, 7) is 0. The predicted octanol–water partition coefficient (Wildman–Crippen LogP) is 3.48. The van der Waals surface area contributed by atoms with Gasteiger partial charge in [-0.2, -0.15) is 5.10 Å². The lowest BCUT2D eigenvalue weighted by Gasteiger charge is -2.29. The largest absolute Gasteiger partial charge is 0.369 e. The number of nitrogens with one attached hydrogen (secondary N) is 1. The van der Waals surface area contributed by atoms with Crippen LogP contribution in [0.15, 0.2) is 48.5 Å². The van der Waals surface area contributed by atoms with Gasteiger partial charge in [0.2, 0.25) is 11.8 Å². The minimum atomic E-state index is -0.252. The fourth-order valence-electron chi connectivity index (χ4n) is 4.07. The van der Waals surface area contributed by atoms with Crippen molar-refractivity contribution < 1.29 is 9.59 Å². The molecule has 3 N–H and O–H groups in total. The van der Waals surface area contributed by atoms with E-state index in [1.54, 1.807) is 4.90 Å². The normalized spacial score (nSPS) is 19.5. The lowest BCUT2D eigenvalue weighted by Crippen LogP contribution is -2.37. The van der Waals surface area contributed by atoms with Crippen LogP contribution in [0.2, 0.25) is 0 Å². The number of H-pyrrole nitrogens is 1. The minimum absolute atomic E-state index is 0.0598. The van der Waals surface area contributed by atoms with Gasteiger partial charge in [0.25, 0.3) is 0 Å². The second-order valence-corrected chi connectivity index (χ2v) is 7.52. The molecule has 2 amide bonds. The number of anilines is 1. The van der Waals surface area contributed by atoms with E-state index in [1.165, 1.54) is 0 Å². The lowest BCUT2D eigenvalue weighted by molar-refractivity contribution is -0.127. The number of carbonyl (C=O) groups excluding carboxylic acids is 2. The molecular weight excluding hydrogens is 352 g/mol. The van der Waals surface area contributed by atoms with Crippen LogP contribution < -0.4 is 10.6 Å². The molecule has 2 aromatic carbocycles. The zero-order valence-corrected chi connectivity index (χ0v) is 15.9. The quantitative estimate of drug-likeness (QED) is 0.730. The zero-order valence-electron chi connectivity index (χ0n) is 15.9. The molecule has 1 fully saturated rings. The van der Waals surface area contributed by atoms with Crippen molar-refractivity contribution in [3.8, 4) is 11.3 Å². The van der Waals surface area contributed by atoms with Gasteiger partial charge in [-0.15, -0.1) is 0 Å². The Balaban J connectivity index is 1.54. The van der Waals surface area contributed by atoms with Crippen LogP contribution >= 0.6 is 0 Å². The molecule has 0 bridgehead atoms. The molecule has 0 saturated heterocycles. The Hall–Kier alpha value is -3.15. The van der Waals surface area contributed by atoms with E-state index in [2.05, 4.69) is 10.2 Å². The molecule has 28 heavy (non-hydrogen) atoms. The molecule has 6 heteroatoms. The van der Waals surface area contributed by atoms with Crippen LogP contribution in [0.4, 0.5) is 5.69 Å². The van der Waals surface area contributed by atoms with Crippen molar-refractivity contribution in [3.63, 3.8) is 0 Å². The van der Waals surface area contributed by atoms with Gasteiger partial charge in [-0.3, -0.25) is 14.7 Å². The Bertz CT molecular complexity index is 1020. The van der Waals surface area contributed by atoms with Gasteiger partial charge in [0, 0.05) is 35.5 Å². The summed E-state index contributed by atoms with van der Waals surface area (Å²) in [6, 6.07) is 15.9. The number of amides is 2. The van der Waals surface area contributed by atoms with Crippen molar-refractivity contribution in [1.29, 1.82) is 0 Å². The molecule has 1 aliphatic rings. The van der Waals surface area contributed by atoms with Crippen molar-refractivity contribution in [2.45, 2.75) is 25.7 Å². The summed E-state index contributed by atoms with van der Waals surface area (Å²) in [5.41, 5.74) is 9.06. The first-order chi connectivity index (χ1) is 13.5. The molecule has 0 radical (unpaired) electrons. The number of nitrogens with zero attached hydrogens (tertiary/aromatic N) is 2. The number of benzene rings is 2. The molecule has 0 aliphatic heterocycles. The molecule has 0 unspecified atom stereocenters. The highest BCUT2D eigenvalue weighted by Crippen LogP contribution is 2.32. The van der Waals surface area contributed by atoms with Gasteiger partial charge in [-0.05, 0) is 43.9 Å². The van der Waals surface area contributed by atoms with Crippen molar-refractivity contribution in [3.05, 3.63) is 48.5 Å². The van der Waals surface area contributed by atoms with E-state index in [9.17, 15) is 9.59 Å². The van der Waals surface area contributed by atoms with E-state index >= 15 is 0 Å². The monoisotopic (exact) mass is 376 g/mol. The van der Waals surface area contributed by atoms with E-state index in [1.807, 2.05) is 55.6 Å². The maximum Gasteiger partial charge on any atom is 0.229 e. The molecule has 3 aromatic rings. The van der Waals surface area contributed by atoms with Crippen LogP contribution in [-0.2, 0) is 9.59 Å². The first-order valence-electron chi connectivity index (χ1n) is 9.65. The Morgan fingerprint density at radius 1 is 1.04 bits per heavy atom.